The highest BCUT2D eigenvalue weighted by Crippen LogP contribution is 2.50. The molecule has 1 fully saturated rings. The molecule has 5 nitrogen and oxygen atoms in total. The first-order valence-corrected chi connectivity index (χ1v) is 7.54. The summed E-state index contributed by atoms with van der Waals surface area (Å²) in [5.41, 5.74) is -0.390. The fourth-order valence-electron chi connectivity index (χ4n) is 2.36. The van der Waals surface area contributed by atoms with Gasteiger partial charge in [-0.25, -0.2) is 9.18 Å². The van der Waals surface area contributed by atoms with Gasteiger partial charge < -0.3 is 15.4 Å². The molecule has 1 aromatic carbocycles. The number of ether oxygens (including phenoxy) is 1. The summed E-state index contributed by atoms with van der Waals surface area (Å²) in [6.45, 7) is 3.03. The lowest BCUT2D eigenvalue weighted by atomic mass is 9.95. The number of nitrogens with one attached hydrogen (secondary N) is 2. The molecule has 1 aliphatic carbocycles. The first kappa shape index (κ1) is 16.3. The van der Waals surface area contributed by atoms with Gasteiger partial charge in [0.1, 0.15) is 5.82 Å². The molecule has 0 heterocycles. The SMILES string of the molecule is CCNC(=O)NCCCOC(=O)C1(c2ccccc2F)CC1. The van der Waals surface area contributed by atoms with Gasteiger partial charge in [-0.15, -0.1) is 0 Å². The monoisotopic (exact) mass is 308 g/mol. The molecule has 0 bridgehead atoms. The van der Waals surface area contributed by atoms with Gasteiger partial charge in [0, 0.05) is 18.7 Å². The van der Waals surface area contributed by atoms with Crippen LogP contribution in [0.2, 0.25) is 0 Å². The summed E-state index contributed by atoms with van der Waals surface area (Å²) in [5.74, 6) is -0.745. The molecule has 2 amide bonds. The molecule has 0 aromatic heterocycles. The van der Waals surface area contributed by atoms with Crippen molar-refractivity contribution in [1.29, 1.82) is 0 Å². The lowest BCUT2D eigenvalue weighted by molar-refractivity contribution is -0.146. The highest BCUT2D eigenvalue weighted by Gasteiger charge is 2.54. The molecule has 1 aliphatic rings. The Labute approximate surface area is 129 Å². The Morgan fingerprint density at radius 1 is 1.27 bits per heavy atom. The molecule has 1 saturated carbocycles. The highest BCUT2D eigenvalue weighted by molar-refractivity contribution is 5.86. The van der Waals surface area contributed by atoms with E-state index in [4.69, 9.17) is 4.74 Å². The third-order valence-corrected chi connectivity index (χ3v) is 3.71. The smallest absolute Gasteiger partial charge is 0.316 e. The van der Waals surface area contributed by atoms with Gasteiger partial charge in [0.25, 0.3) is 0 Å². The van der Waals surface area contributed by atoms with Crippen molar-refractivity contribution in [2.24, 2.45) is 0 Å². The average Bonchev–Trinajstić information content (AvgIpc) is 3.29. The number of urea groups is 1. The Morgan fingerprint density at radius 3 is 2.64 bits per heavy atom. The molecule has 120 valence electrons. The van der Waals surface area contributed by atoms with Crippen molar-refractivity contribution >= 4 is 12.0 Å². The van der Waals surface area contributed by atoms with Gasteiger partial charge in [0.05, 0.1) is 12.0 Å². The number of hydrogen-bond acceptors (Lipinski definition) is 3. The average molecular weight is 308 g/mol. The van der Waals surface area contributed by atoms with Gasteiger partial charge in [-0.3, -0.25) is 4.79 Å². The van der Waals surface area contributed by atoms with Crippen LogP contribution >= 0.6 is 0 Å². The number of amides is 2. The molecule has 0 atom stereocenters. The van der Waals surface area contributed by atoms with E-state index in [-0.39, 0.29) is 24.4 Å². The topological polar surface area (TPSA) is 67.4 Å². The van der Waals surface area contributed by atoms with E-state index in [1.54, 1.807) is 18.2 Å². The number of carbonyl (C=O) groups is 2. The zero-order chi connectivity index (χ0) is 16.0. The fourth-order valence-corrected chi connectivity index (χ4v) is 2.36. The zero-order valence-corrected chi connectivity index (χ0v) is 12.7. The molecular weight excluding hydrogens is 287 g/mol. The van der Waals surface area contributed by atoms with Crippen LogP contribution in [-0.2, 0) is 14.9 Å². The molecule has 2 N–H and O–H groups in total. The van der Waals surface area contributed by atoms with Crippen LogP contribution in [0.4, 0.5) is 9.18 Å². The summed E-state index contributed by atoms with van der Waals surface area (Å²) < 4.78 is 19.1. The zero-order valence-electron chi connectivity index (χ0n) is 12.7. The first-order valence-electron chi connectivity index (χ1n) is 7.54. The van der Waals surface area contributed by atoms with Gasteiger partial charge in [0.15, 0.2) is 0 Å². The molecule has 1 aromatic rings. The number of carbonyl (C=O) groups excluding carboxylic acids is 2. The fraction of sp³-hybridized carbons (Fsp3) is 0.500. The number of benzene rings is 1. The van der Waals surface area contributed by atoms with Crippen molar-refractivity contribution < 1.29 is 18.7 Å². The number of hydrogen-bond donors (Lipinski definition) is 2. The van der Waals surface area contributed by atoms with Gasteiger partial charge in [0.2, 0.25) is 0 Å². The van der Waals surface area contributed by atoms with Crippen molar-refractivity contribution in [3.05, 3.63) is 35.6 Å². The van der Waals surface area contributed by atoms with Crippen molar-refractivity contribution in [2.45, 2.75) is 31.6 Å². The van der Waals surface area contributed by atoms with Gasteiger partial charge in [-0.2, -0.15) is 0 Å². The van der Waals surface area contributed by atoms with E-state index in [0.29, 0.717) is 37.9 Å². The van der Waals surface area contributed by atoms with Crippen LogP contribution in [0.15, 0.2) is 24.3 Å². The first-order chi connectivity index (χ1) is 10.6. The van der Waals surface area contributed by atoms with Gasteiger partial charge in [-0.1, -0.05) is 18.2 Å². The van der Waals surface area contributed by atoms with Gasteiger partial charge in [-0.05, 0) is 32.3 Å². The van der Waals surface area contributed by atoms with Crippen LogP contribution in [0.1, 0.15) is 31.7 Å². The Bertz CT molecular complexity index is 544. The van der Waals surface area contributed by atoms with E-state index in [2.05, 4.69) is 10.6 Å². The van der Waals surface area contributed by atoms with Crippen molar-refractivity contribution in [3.8, 4) is 0 Å². The second-order valence-electron chi connectivity index (χ2n) is 5.34. The van der Waals surface area contributed by atoms with E-state index < -0.39 is 5.41 Å². The number of esters is 1. The van der Waals surface area contributed by atoms with Crippen LogP contribution < -0.4 is 10.6 Å². The van der Waals surface area contributed by atoms with E-state index >= 15 is 0 Å². The van der Waals surface area contributed by atoms with E-state index in [1.807, 2.05) is 6.92 Å². The predicted octanol–water partition coefficient (Wildman–Crippen LogP) is 2.11. The highest BCUT2D eigenvalue weighted by atomic mass is 19.1. The normalized spacial score (nSPS) is 15.0. The van der Waals surface area contributed by atoms with Crippen LogP contribution in [0, 0.1) is 5.82 Å². The Kier molecular flexibility index (Phi) is 5.35. The molecule has 0 unspecified atom stereocenters. The molecule has 22 heavy (non-hydrogen) atoms. The molecular formula is C16H21FN2O3. The molecule has 0 radical (unpaired) electrons. The van der Waals surface area contributed by atoms with Gasteiger partial charge >= 0.3 is 12.0 Å². The van der Waals surface area contributed by atoms with Crippen molar-refractivity contribution in [3.63, 3.8) is 0 Å². The molecule has 0 saturated heterocycles. The second-order valence-corrected chi connectivity index (χ2v) is 5.34. The molecule has 2 rings (SSSR count). The summed E-state index contributed by atoms with van der Waals surface area (Å²) in [6.07, 6.45) is 1.75. The molecule has 0 aliphatic heterocycles. The molecule has 0 spiro atoms. The lowest BCUT2D eigenvalue weighted by Crippen LogP contribution is -2.36. The Balaban J connectivity index is 1.76. The van der Waals surface area contributed by atoms with Crippen molar-refractivity contribution in [1.82, 2.24) is 10.6 Å². The summed E-state index contributed by atoms with van der Waals surface area (Å²) in [5, 5.41) is 5.26. The number of halogens is 1. The Hall–Kier alpha value is -2.11. The van der Waals surface area contributed by atoms with E-state index in [9.17, 15) is 14.0 Å². The summed E-state index contributed by atoms with van der Waals surface area (Å²) >= 11 is 0. The lowest BCUT2D eigenvalue weighted by Gasteiger charge is -2.15. The molecule has 6 heteroatoms. The van der Waals surface area contributed by atoms with E-state index in [1.165, 1.54) is 6.07 Å². The number of rotatable bonds is 7. The standard InChI is InChI=1S/C16H21FN2O3/c1-2-18-15(21)19-10-5-11-22-14(20)16(8-9-16)12-6-3-4-7-13(12)17/h3-4,6-7H,2,5,8-11H2,1H3,(H2,18,19,21). The third-order valence-electron chi connectivity index (χ3n) is 3.71. The maximum absolute atomic E-state index is 13.8. The Morgan fingerprint density at radius 2 is 2.00 bits per heavy atom. The summed E-state index contributed by atoms with van der Waals surface area (Å²) in [7, 11) is 0. The van der Waals surface area contributed by atoms with Crippen LogP contribution in [0.5, 0.6) is 0 Å². The maximum Gasteiger partial charge on any atom is 0.316 e. The quantitative estimate of drug-likeness (QED) is 0.599. The minimum absolute atomic E-state index is 0.210. The van der Waals surface area contributed by atoms with Crippen LogP contribution in [0.25, 0.3) is 0 Å². The summed E-state index contributed by atoms with van der Waals surface area (Å²) in [6, 6.07) is 6.09. The van der Waals surface area contributed by atoms with E-state index in [0.717, 1.165) is 0 Å². The largest absolute Gasteiger partial charge is 0.465 e. The maximum atomic E-state index is 13.8. The predicted molar refractivity (Wildman–Crippen MR) is 80.0 cm³/mol. The minimum Gasteiger partial charge on any atom is -0.465 e. The van der Waals surface area contributed by atoms with Crippen molar-refractivity contribution in [2.75, 3.05) is 19.7 Å². The third kappa shape index (κ3) is 3.75. The minimum atomic E-state index is -0.807. The summed E-state index contributed by atoms with van der Waals surface area (Å²) in [4.78, 5) is 23.4. The van der Waals surface area contributed by atoms with Crippen LogP contribution in [0.3, 0.4) is 0 Å². The second kappa shape index (κ2) is 7.24. The van der Waals surface area contributed by atoms with Crippen LogP contribution in [-0.4, -0.2) is 31.7 Å².